The number of carbonyl (C=O) groups is 2. The van der Waals surface area contributed by atoms with Crippen molar-refractivity contribution in [1.29, 1.82) is 0 Å². The molecule has 0 aromatic carbocycles. The summed E-state index contributed by atoms with van der Waals surface area (Å²) in [6.07, 6.45) is 1.43. The first-order valence-electron chi connectivity index (χ1n) is 9.59. The number of hydrogen-bond donors (Lipinski definition) is 0. The zero-order valence-corrected chi connectivity index (χ0v) is 16.6. The predicted octanol–water partition coefficient (Wildman–Crippen LogP) is 2.05. The molecule has 1 aromatic heterocycles. The molecule has 8 nitrogen and oxygen atoms in total. The van der Waals surface area contributed by atoms with Crippen molar-refractivity contribution < 1.29 is 28.8 Å². The first-order chi connectivity index (χ1) is 13.1. The molecule has 8 heteroatoms. The third-order valence-electron chi connectivity index (χ3n) is 5.97. The maximum Gasteiger partial charge on any atom is 0.355 e. The molecule has 1 saturated heterocycles. The van der Waals surface area contributed by atoms with Gasteiger partial charge in [-0.05, 0) is 24.3 Å². The van der Waals surface area contributed by atoms with Crippen LogP contribution in [-0.4, -0.2) is 23.1 Å². The van der Waals surface area contributed by atoms with Gasteiger partial charge in [-0.15, -0.1) is 0 Å². The second kappa shape index (κ2) is 6.15. The van der Waals surface area contributed by atoms with Crippen molar-refractivity contribution in [3.05, 3.63) is 33.2 Å². The fraction of sp³-hybridized carbons (Fsp3) is 0.650. The fourth-order valence-corrected chi connectivity index (χ4v) is 4.74. The van der Waals surface area contributed by atoms with E-state index in [9.17, 15) is 14.4 Å². The van der Waals surface area contributed by atoms with Gasteiger partial charge in [-0.1, -0.05) is 20.8 Å². The molecule has 1 unspecified atom stereocenters. The molecule has 3 aliphatic rings. The van der Waals surface area contributed by atoms with Crippen LogP contribution in [0.25, 0.3) is 0 Å². The van der Waals surface area contributed by atoms with Crippen LogP contribution in [0.3, 0.4) is 0 Å². The van der Waals surface area contributed by atoms with Crippen molar-refractivity contribution in [2.75, 3.05) is 6.61 Å². The minimum atomic E-state index is -1.62. The zero-order valence-electron chi connectivity index (χ0n) is 16.6. The third kappa shape index (κ3) is 2.62. The molecule has 0 saturated carbocycles. The Hall–Kier alpha value is -2.19. The van der Waals surface area contributed by atoms with Crippen LogP contribution in [0.1, 0.15) is 63.8 Å². The molecule has 3 aliphatic heterocycles. The smallest absolute Gasteiger partial charge is 0.355 e. The zero-order chi connectivity index (χ0) is 20.3. The van der Waals surface area contributed by atoms with Crippen molar-refractivity contribution in [3.8, 4) is 0 Å². The molecule has 0 aliphatic carbocycles. The Morgan fingerprint density at radius 3 is 2.71 bits per heavy atom. The highest BCUT2D eigenvalue weighted by Gasteiger charge is 2.54. The molecule has 28 heavy (non-hydrogen) atoms. The summed E-state index contributed by atoms with van der Waals surface area (Å²) in [5.41, 5.74) is -1.37. The van der Waals surface area contributed by atoms with Gasteiger partial charge in [0, 0.05) is 25.5 Å². The summed E-state index contributed by atoms with van der Waals surface area (Å²) in [5, 5.41) is 0. The van der Waals surface area contributed by atoms with E-state index in [0.29, 0.717) is 42.8 Å². The van der Waals surface area contributed by atoms with E-state index in [-0.39, 0.29) is 24.0 Å². The number of rotatable bonds is 2. The molecule has 0 amide bonds. The van der Waals surface area contributed by atoms with E-state index in [2.05, 4.69) is 13.8 Å². The number of hydrogen-bond acceptors (Lipinski definition) is 7. The van der Waals surface area contributed by atoms with Crippen molar-refractivity contribution in [2.45, 2.75) is 71.3 Å². The summed E-state index contributed by atoms with van der Waals surface area (Å²) in [6.45, 7) is 7.95. The van der Waals surface area contributed by atoms with E-state index >= 15 is 0 Å². The van der Waals surface area contributed by atoms with Gasteiger partial charge in [-0.2, -0.15) is 0 Å². The van der Waals surface area contributed by atoms with E-state index in [1.54, 1.807) is 17.6 Å². The standard InChI is InChI=1S/C20H25NO7/c1-5-20(27-12(2)22)14-8-15-19(10-18(3,4)11-26-28-19)6-7-21(15)16(23)13(14)9-25-17(20)24/h8H,5-7,9-11H2,1-4H3/t19?,20-/m0/s1. The Labute approximate surface area is 162 Å². The van der Waals surface area contributed by atoms with Crippen LogP contribution in [0, 0.1) is 5.41 Å². The van der Waals surface area contributed by atoms with Crippen molar-refractivity contribution in [3.63, 3.8) is 0 Å². The summed E-state index contributed by atoms with van der Waals surface area (Å²) in [7, 11) is 0. The molecule has 0 radical (unpaired) electrons. The molecule has 4 rings (SSSR count). The van der Waals surface area contributed by atoms with Gasteiger partial charge in [0.05, 0.1) is 17.9 Å². The lowest BCUT2D eigenvalue weighted by atomic mass is 9.77. The number of carbonyl (C=O) groups excluding carboxylic acids is 2. The number of pyridine rings is 1. The summed E-state index contributed by atoms with van der Waals surface area (Å²) in [6, 6.07) is 1.78. The predicted molar refractivity (Wildman–Crippen MR) is 96.0 cm³/mol. The van der Waals surface area contributed by atoms with Crippen LogP contribution in [0.15, 0.2) is 10.9 Å². The normalized spacial score (nSPS) is 30.5. The lowest BCUT2D eigenvalue weighted by molar-refractivity contribution is -0.410. The van der Waals surface area contributed by atoms with Gasteiger partial charge in [0.25, 0.3) is 5.56 Å². The maximum atomic E-state index is 13.2. The Morgan fingerprint density at radius 1 is 1.32 bits per heavy atom. The van der Waals surface area contributed by atoms with E-state index in [1.807, 2.05) is 0 Å². The van der Waals surface area contributed by atoms with Crippen molar-refractivity contribution in [2.24, 2.45) is 5.41 Å². The highest BCUT2D eigenvalue weighted by molar-refractivity contribution is 5.86. The average Bonchev–Trinajstić information content (AvgIpc) is 2.94. The number of fused-ring (bicyclic) bond motifs is 3. The fourth-order valence-electron chi connectivity index (χ4n) is 4.74. The van der Waals surface area contributed by atoms with Gasteiger partial charge in [-0.25, -0.2) is 14.6 Å². The molecule has 4 heterocycles. The Morgan fingerprint density at radius 2 is 2.07 bits per heavy atom. The van der Waals surface area contributed by atoms with Crippen LogP contribution < -0.4 is 5.56 Å². The number of ether oxygens (including phenoxy) is 2. The highest BCUT2D eigenvalue weighted by atomic mass is 17.2. The third-order valence-corrected chi connectivity index (χ3v) is 5.97. The first kappa shape index (κ1) is 19.1. The average molecular weight is 391 g/mol. The van der Waals surface area contributed by atoms with Gasteiger partial charge in [-0.3, -0.25) is 9.59 Å². The van der Waals surface area contributed by atoms with Crippen molar-refractivity contribution in [1.82, 2.24) is 4.57 Å². The van der Waals surface area contributed by atoms with E-state index < -0.39 is 23.1 Å². The number of nitrogens with zero attached hydrogens (tertiary/aromatic N) is 1. The number of esters is 2. The van der Waals surface area contributed by atoms with E-state index in [0.717, 1.165) is 0 Å². The van der Waals surface area contributed by atoms with Gasteiger partial charge < -0.3 is 14.0 Å². The summed E-state index contributed by atoms with van der Waals surface area (Å²) in [4.78, 5) is 48.9. The minimum Gasteiger partial charge on any atom is -0.457 e. The highest BCUT2D eigenvalue weighted by Crippen LogP contribution is 2.49. The molecule has 0 bridgehead atoms. The maximum absolute atomic E-state index is 13.2. The molecule has 1 fully saturated rings. The molecule has 1 aromatic rings. The van der Waals surface area contributed by atoms with Crippen LogP contribution in [0.4, 0.5) is 0 Å². The molecule has 1 spiro atoms. The van der Waals surface area contributed by atoms with Gasteiger partial charge >= 0.3 is 11.9 Å². The van der Waals surface area contributed by atoms with E-state index in [1.165, 1.54) is 6.92 Å². The molecular formula is C20H25NO7. The van der Waals surface area contributed by atoms with Crippen LogP contribution in [0.5, 0.6) is 0 Å². The Kier molecular flexibility index (Phi) is 4.21. The quantitative estimate of drug-likeness (QED) is 0.563. The van der Waals surface area contributed by atoms with Crippen LogP contribution in [0.2, 0.25) is 0 Å². The Bertz CT molecular complexity index is 918. The SMILES string of the molecule is CC[C@@]1(OC(C)=O)C(=O)OCc2c1cc1n(c2=O)CCC12CC(C)(C)COO2. The molecular weight excluding hydrogens is 366 g/mol. The molecule has 2 atom stereocenters. The lowest BCUT2D eigenvalue weighted by Gasteiger charge is -2.41. The number of cyclic esters (lactones) is 1. The molecule has 0 N–H and O–H groups in total. The molecule has 152 valence electrons. The van der Waals surface area contributed by atoms with Crippen LogP contribution in [-0.2, 0) is 53.2 Å². The van der Waals surface area contributed by atoms with Crippen molar-refractivity contribution >= 4 is 11.9 Å². The monoisotopic (exact) mass is 391 g/mol. The van der Waals surface area contributed by atoms with Gasteiger partial charge in [0.15, 0.2) is 0 Å². The number of aromatic nitrogens is 1. The van der Waals surface area contributed by atoms with Gasteiger partial charge in [0.1, 0.15) is 12.2 Å². The van der Waals surface area contributed by atoms with Crippen LogP contribution >= 0.6 is 0 Å². The minimum absolute atomic E-state index is 0.129. The second-order valence-electron chi connectivity index (χ2n) is 8.66. The second-order valence-corrected chi connectivity index (χ2v) is 8.66. The first-order valence-corrected chi connectivity index (χ1v) is 9.59. The summed E-state index contributed by atoms with van der Waals surface area (Å²) >= 11 is 0. The van der Waals surface area contributed by atoms with Gasteiger partial charge in [0.2, 0.25) is 5.60 Å². The largest absolute Gasteiger partial charge is 0.457 e. The van der Waals surface area contributed by atoms with E-state index in [4.69, 9.17) is 19.2 Å². The lowest BCUT2D eigenvalue weighted by Crippen LogP contribution is -2.48. The summed E-state index contributed by atoms with van der Waals surface area (Å²) in [5.74, 6) is -1.27. The topological polar surface area (TPSA) is 93.1 Å². The summed E-state index contributed by atoms with van der Waals surface area (Å²) < 4.78 is 12.4. The Balaban J connectivity index is 1.94.